The number of nitrogens with zero attached hydrogens (tertiary/aromatic N) is 3. The van der Waals surface area contributed by atoms with Crippen molar-refractivity contribution in [1.82, 2.24) is 20.3 Å². The van der Waals surface area contributed by atoms with Crippen LogP contribution in [-0.4, -0.2) is 53.2 Å². The van der Waals surface area contributed by atoms with E-state index >= 15 is 0 Å². The predicted octanol–water partition coefficient (Wildman–Crippen LogP) is 2.99. The summed E-state index contributed by atoms with van der Waals surface area (Å²) in [6.07, 6.45) is 6.75. The van der Waals surface area contributed by atoms with E-state index in [4.69, 9.17) is 4.52 Å². The number of hydrogen-bond donors (Lipinski definition) is 1. The smallest absolute Gasteiger partial charge is 0.317 e. The van der Waals surface area contributed by atoms with Crippen molar-refractivity contribution < 1.29 is 9.32 Å². The van der Waals surface area contributed by atoms with Crippen LogP contribution in [0.3, 0.4) is 0 Å². The number of carbonyl (C=O) groups is 1. The van der Waals surface area contributed by atoms with Crippen LogP contribution in [0.5, 0.6) is 0 Å². The van der Waals surface area contributed by atoms with Gasteiger partial charge in [0.05, 0.1) is 6.54 Å². The lowest BCUT2D eigenvalue weighted by atomic mass is 9.94. The molecule has 6 nitrogen and oxygen atoms in total. The fourth-order valence-corrected chi connectivity index (χ4v) is 4.07. The van der Waals surface area contributed by atoms with Gasteiger partial charge in [0.15, 0.2) is 5.58 Å². The molecule has 6 heteroatoms. The number of urea groups is 1. The first-order chi connectivity index (χ1) is 12.3. The first kappa shape index (κ1) is 16.4. The molecule has 4 rings (SSSR count). The molecular weight excluding hydrogens is 316 g/mol. The van der Waals surface area contributed by atoms with Gasteiger partial charge in [-0.05, 0) is 25.0 Å². The second-order valence-corrected chi connectivity index (χ2v) is 7.10. The Kier molecular flexibility index (Phi) is 4.88. The van der Waals surface area contributed by atoms with Gasteiger partial charge in [0, 0.05) is 37.6 Å². The predicted molar refractivity (Wildman–Crippen MR) is 96.3 cm³/mol. The Morgan fingerprint density at radius 2 is 1.88 bits per heavy atom. The number of fused-ring (bicyclic) bond motifs is 1. The van der Waals surface area contributed by atoms with Gasteiger partial charge in [-0.3, -0.25) is 4.90 Å². The van der Waals surface area contributed by atoms with Crippen molar-refractivity contribution in [2.45, 2.75) is 44.7 Å². The Bertz CT molecular complexity index is 715. The van der Waals surface area contributed by atoms with Gasteiger partial charge in [-0.1, -0.05) is 36.6 Å². The number of nitrogens with one attached hydrogen (secondary N) is 1. The van der Waals surface area contributed by atoms with E-state index in [1.165, 1.54) is 32.1 Å². The maximum atomic E-state index is 12.5. The number of aromatic nitrogens is 1. The third-order valence-electron chi connectivity index (χ3n) is 5.55. The molecule has 0 unspecified atom stereocenters. The highest BCUT2D eigenvalue weighted by Crippen LogP contribution is 2.23. The van der Waals surface area contributed by atoms with Crippen LogP contribution in [0.4, 0.5) is 4.79 Å². The minimum absolute atomic E-state index is 0.00428. The number of para-hydroxylation sites is 1. The molecule has 2 aliphatic rings. The quantitative estimate of drug-likeness (QED) is 0.931. The SMILES string of the molecule is O=C(NCc1noc2ccccc12)N1CCN(C2CCCCC2)CC1. The topological polar surface area (TPSA) is 61.6 Å². The second-order valence-electron chi connectivity index (χ2n) is 7.10. The van der Waals surface area contributed by atoms with Gasteiger partial charge in [-0.2, -0.15) is 0 Å². The zero-order chi connectivity index (χ0) is 17.1. The summed E-state index contributed by atoms with van der Waals surface area (Å²) in [5.74, 6) is 0. The van der Waals surface area contributed by atoms with Gasteiger partial charge in [0.25, 0.3) is 0 Å². The molecular formula is C19H26N4O2. The lowest BCUT2D eigenvalue weighted by molar-refractivity contribution is 0.0905. The lowest BCUT2D eigenvalue weighted by Gasteiger charge is -2.40. The van der Waals surface area contributed by atoms with E-state index in [2.05, 4.69) is 15.4 Å². The van der Waals surface area contributed by atoms with E-state index < -0.39 is 0 Å². The second kappa shape index (κ2) is 7.44. The highest BCUT2D eigenvalue weighted by molar-refractivity contribution is 5.80. The summed E-state index contributed by atoms with van der Waals surface area (Å²) >= 11 is 0. The molecule has 0 spiro atoms. The van der Waals surface area contributed by atoms with Gasteiger partial charge < -0.3 is 14.7 Å². The Labute approximate surface area is 148 Å². The van der Waals surface area contributed by atoms with E-state index in [1.54, 1.807) is 0 Å². The summed E-state index contributed by atoms with van der Waals surface area (Å²) in [7, 11) is 0. The Hall–Kier alpha value is -2.08. The molecule has 0 bridgehead atoms. The number of rotatable bonds is 3. The van der Waals surface area contributed by atoms with Crippen molar-refractivity contribution >= 4 is 17.0 Å². The fourth-order valence-electron chi connectivity index (χ4n) is 4.07. The van der Waals surface area contributed by atoms with E-state index in [0.717, 1.165) is 48.9 Å². The molecule has 25 heavy (non-hydrogen) atoms. The van der Waals surface area contributed by atoms with Crippen LogP contribution in [0.15, 0.2) is 28.8 Å². The minimum Gasteiger partial charge on any atom is -0.356 e. The van der Waals surface area contributed by atoms with E-state index in [-0.39, 0.29) is 6.03 Å². The molecule has 1 aromatic heterocycles. The third kappa shape index (κ3) is 3.63. The summed E-state index contributed by atoms with van der Waals surface area (Å²) in [6.45, 7) is 4.00. The van der Waals surface area contributed by atoms with Crippen LogP contribution in [-0.2, 0) is 6.54 Å². The number of benzene rings is 1. The van der Waals surface area contributed by atoms with Crippen molar-refractivity contribution in [3.8, 4) is 0 Å². The molecule has 1 saturated carbocycles. The highest BCUT2D eigenvalue weighted by atomic mass is 16.5. The van der Waals surface area contributed by atoms with Crippen LogP contribution < -0.4 is 5.32 Å². The summed E-state index contributed by atoms with van der Waals surface area (Å²) in [4.78, 5) is 16.9. The van der Waals surface area contributed by atoms with E-state index in [9.17, 15) is 4.79 Å². The largest absolute Gasteiger partial charge is 0.356 e. The molecule has 2 fully saturated rings. The molecule has 1 N–H and O–H groups in total. The standard InChI is InChI=1S/C19H26N4O2/c24-19(20-14-17-16-8-4-5-9-18(16)25-21-17)23-12-10-22(11-13-23)15-6-2-1-3-7-15/h4-5,8-9,15H,1-3,6-7,10-14H2,(H,20,24). The van der Waals surface area contributed by atoms with Crippen LogP contribution in [0.25, 0.3) is 11.0 Å². The van der Waals surface area contributed by atoms with Crippen LogP contribution >= 0.6 is 0 Å². The first-order valence-corrected chi connectivity index (χ1v) is 9.41. The van der Waals surface area contributed by atoms with Crippen LogP contribution in [0.2, 0.25) is 0 Å². The molecule has 0 radical (unpaired) electrons. The molecule has 2 heterocycles. The van der Waals surface area contributed by atoms with Crippen molar-refractivity contribution in [2.75, 3.05) is 26.2 Å². The van der Waals surface area contributed by atoms with Crippen molar-refractivity contribution in [2.24, 2.45) is 0 Å². The summed E-state index contributed by atoms with van der Waals surface area (Å²) in [6, 6.07) is 8.46. The van der Waals surface area contributed by atoms with Gasteiger partial charge in [0.2, 0.25) is 0 Å². The Morgan fingerprint density at radius 1 is 1.12 bits per heavy atom. The normalized spacial score (nSPS) is 20.1. The Morgan fingerprint density at radius 3 is 2.68 bits per heavy atom. The van der Waals surface area contributed by atoms with Gasteiger partial charge >= 0.3 is 6.03 Å². The molecule has 1 aliphatic heterocycles. The fraction of sp³-hybridized carbons (Fsp3) is 0.579. The maximum Gasteiger partial charge on any atom is 0.317 e. The van der Waals surface area contributed by atoms with Crippen molar-refractivity contribution in [3.63, 3.8) is 0 Å². The Balaban J connectivity index is 1.27. The molecule has 1 aliphatic carbocycles. The molecule has 2 amide bonds. The van der Waals surface area contributed by atoms with Crippen LogP contribution in [0, 0.1) is 0 Å². The van der Waals surface area contributed by atoms with Crippen molar-refractivity contribution in [1.29, 1.82) is 0 Å². The average Bonchev–Trinajstić information content (AvgIpc) is 3.10. The average molecular weight is 342 g/mol. The zero-order valence-corrected chi connectivity index (χ0v) is 14.6. The van der Waals surface area contributed by atoms with Crippen molar-refractivity contribution in [3.05, 3.63) is 30.0 Å². The van der Waals surface area contributed by atoms with E-state index in [0.29, 0.717) is 6.54 Å². The van der Waals surface area contributed by atoms with Crippen LogP contribution in [0.1, 0.15) is 37.8 Å². The molecule has 0 atom stereocenters. The maximum absolute atomic E-state index is 12.5. The minimum atomic E-state index is -0.00428. The first-order valence-electron chi connectivity index (χ1n) is 9.41. The molecule has 2 aromatic rings. The molecule has 1 aromatic carbocycles. The number of carbonyl (C=O) groups excluding carboxylic acids is 1. The number of piperazine rings is 1. The summed E-state index contributed by atoms with van der Waals surface area (Å²) in [5, 5.41) is 8.02. The highest BCUT2D eigenvalue weighted by Gasteiger charge is 2.27. The van der Waals surface area contributed by atoms with Gasteiger partial charge in [-0.15, -0.1) is 0 Å². The summed E-state index contributed by atoms with van der Waals surface area (Å²) in [5.41, 5.74) is 1.54. The number of hydrogen-bond acceptors (Lipinski definition) is 4. The lowest BCUT2D eigenvalue weighted by Crippen LogP contribution is -2.54. The van der Waals surface area contributed by atoms with Gasteiger partial charge in [0.1, 0.15) is 5.69 Å². The number of amides is 2. The van der Waals surface area contributed by atoms with Gasteiger partial charge in [-0.25, -0.2) is 4.79 Å². The van der Waals surface area contributed by atoms with E-state index in [1.807, 2.05) is 29.2 Å². The molecule has 134 valence electrons. The third-order valence-corrected chi connectivity index (χ3v) is 5.55. The monoisotopic (exact) mass is 342 g/mol. The zero-order valence-electron chi connectivity index (χ0n) is 14.6. The summed E-state index contributed by atoms with van der Waals surface area (Å²) < 4.78 is 5.29. The molecule has 1 saturated heterocycles.